The van der Waals surface area contributed by atoms with Gasteiger partial charge in [-0.15, -0.1) is 0 Å². The van der Waals surface area contributed by atoms with Crippen LogP contribution in [0.2, 0.25) is 5.02 Å². The van der Waals surface area contributed by atoms with Crippen LogP contribution in [0.5, 0.6) is 0 Å². The van der Waals surface area contributed by atoms with E-state index in [-0.39, 0.29) is 11.1 Å². The Labute approximate surface area is 162 Å². The average molecular weight is 393 g/mol. The van der Waals surface area contributed by atoms with Crippen molar-refractivity contribution in [2.24, 2.45) is 0 Å². The van der Waals surface area contributed by atoms with Gasteiger partial charge < -0.3 is 20.0 Å². The van der Waals surface area contributed by atoms with Crippen LogP contribution in [0.3, 0.4) is 0 Å². The number of urea groups is 1. The zero-order chi connectivity index (χ0) is 19.6. The number of nitrogens with one attached hydrogen (secondary N) is 1. The molecule has 1 aromatic heterocycles. The molecule has 2 heterocycles. The first-order valence-electron chi connectivity index (χ1n) is 8.62. The molecule has 1 N–H and O–H groups in total. The minimum absolute atomic E-state index is 0.0200. The lowest BCUT2D eigenvalue weighted by molar-refractivity contribution is 0.208. The maximum atomic E-state index is 13.2. The first-order valence-corrected chi connectivity index (χ1v) is 9.00. The van der Waals surface area contributed by atoms with E-state index in [1.165, 1.54) is 18.2 Å². The molecule has 1 saturated heterocycles. The molecule has 0 bridgehead atoms. The van der Waals surface area contributed by atoms with Crippen molar-refractivity contribution >= 4 is 35.0 Å². The minimum Gasteiger partial charge on any atom is -0.363 e. The summed E-state index contributed by atoms with van der Waals surface area (Å²) in [6, 6.07) is 5.84. The van der Waals surface area contributed by atoms with Crippen LogP contribution in [0.25, 0.3) is 0 Å². The Morgan fingerprint density at radius 3 is 2.52 bits per heavy atom. The summed E-state index contributed by atoms with van der Waals surface area (Å²) in [4.78, 5) is 27.1. The summed E-state index contributed by atoms with van der Waals surface area (Å²) >= 11 is 5.76. The van der Waals surface area contributed by atoms with Crippen LogP contribution in [0, 0.1) is 12.7 Å². The lowest BCUT2D eigenvalue weighted by atomic mass is 10.3. The monoisotopic (exact) mass is 392 g/mol. The third kappa shape index (κ3) is 4.57. The first kappa shape index (κ1) is 19.2. The fourth-order valence-corrected chi connectivity index (χ4v) is 3.02. The number of amides is 2. The summed E-state index contributed by atoms with van der Waals surface area (Å²) in [6.07, 6.45) is 0. The summed E-state index contributed by atoms with van der Waals surface area (Å²) in [5.74, 6) is 1.91. The number of hydrogen-bond acceptors (Lipinski definition) is 5. The van der Waals surface area contributed by atoms with Gasteiger partial charge in [-0.05, 0) is 25.1 Å². The highest BCUT2D eigenvalue weighted by molar-refractivity contribution is 6.31. The maximum Gasteiger partial charge on any atom is 0.321 e. The number of aromatic nitrogens is 2. The Morgan fingerprint density at radius 2 is 1.89 bits per heavy atom. The van der Waals surface area contributed by atoms with Crippen molar-refractivity contribution in [1.29, 1.82) is 0 Å². The smallest absolute Gasteiger partial charge is 0.321 e. The van der Waals surface area contributed by atoms with Crippen LogP contribution >= 0.6 is 11.6 Å². The first-order chi connectivity index (χ1) is 12.8. The summed E-state index contributed by atoms with van der Waals surface area (Å²) < 4.78 is 13.2. The van der Waals surface area contributed by atoms with Crippen molar-refractivity contribution in [1.82, 2.24) is 14.9 Å². The lowest BCUT2D eigenvalue weighted by Gasteiger charge is -2.35. The number of anilines is 3. The third-order valence-electron chi connectivity index (χ3n) is 4.33. The second-order valence-corrected chi connectivity index (χ2v) is 6.97. The van der Waals surface area contributed by atoms with E-state index in [2.05, 4.69) is 20.2 Å². The molecule has 144 valence electrons. The molecule has 0 atom stereocenters. The van der Waals surface area contributed by atoms with E-state index in [1.54, 1.807) is 4.90 Å². The van der Waals surface area contributed by atoms with Crippen molar-refractivity contribution < 1.29 is 9.18 Å². The van der Waals surface area contributed by atoms with Crippen molar-refractivity contribution in [3.05, 3.63) is 40.9 Å². The van der Waals surface area contributed by atoms with Crippen molar-refractivity contribution in [2.45, 2.75) is 6.92 Å². The Morgan fingerprint density at radius 1 is 1.19 bits per heavy atom. The van der Waals surface area contributed by atoms with Crippen LogP contribution in [-0.4, -0.2) is 61.2 Å². The molecule has 9 heteroatoms. The number of piperazine rings is 1. The molecule has 2 aromatic rings. The molecule has 1 fully saturated rings. The highest BCUT2D eigenvalue weighted by Crippen LogP contribution is 2.21. The van der Waals surface area contributed by atoms with Crippen molar-refractivity contribution in [2.75, 3.05) is 55.4 Å². The van der Waals surface area contributed by atoms with Gasteiger partial charge in [-0.1, -0.05) is 11.6 Å². The molecule has 27 heavy (non-hydrogen) atoms. The Kier molecular flexibility index (Phi) is 5.65. The molecule has 0 radical (unpaired) electrons. The number of rotatable bonds is 3. The number of benzene rings is 1. The van der Waals surface area contributed by atoms with Crippen LogP contribution in [0.15, 0.2) is 24.3 Å². The van der Waals surface area contributed by atoms with E-state index >= 15 is 0 Å². The maximum absolute atomic E-state index is 13.2. The average Bonchev–Trinajstić information content (AvgIpc) is 2.64. The molecule has 7 nitrogen and oxygen atoms in total. The van der Waals surface area contributed by atoms with E-state index in [4.69, 9.17) is 11.6 Å². The predicted molar refractivity (Wildman–Crippen MR) is 105 cm³/mol. The summed E-state index contributed by atoms with van der Waals surface area (Å²) in [7, 11) is 3.88. The quantitative estimate of drug-likeness (QED) is 0.869. The van der Waals surface area contributed by atoms with Gasteiger partial charge >= 0.3 is 6.03 Å². The molecule has 1 aromatic carbocycles. The topological polar surface area (TPSA) is 64.6 Å². The second kappa shape index (κ2) is 7.96. The summed E-state index contributed by atoms with van der Waals surface area (Å²) in [5, 5.41) is 2.73. The SMILES string of the molecule is Cc1nc(N(C)C)cc(N2CCN(C(=O)Nc3ccc(F)c(Cl)c3)CC2)n1. The molecular weight excluding hydrogens is 371 g/mol. The normalized spacial score (nSPS) is 14.3. The van der Waals surface area contributed by atoms with E-state index < -0.39 is 5.82 Å². The van der Waals surface area contributed by atoms with Crippen LogP contribution < -0.4 is 15.1 Å². The highest BCUT2D eigenvalue weighted by Gasteiger charge is 2.23. The van der Waals surface area contributed by atoms with E-state index in [0.29, 0.717) is 37.7 Å². The Hall–Kier alpha value is -2.61. The molecule has 0 unspecified atom stereocenters. The fraction of sp³-hybridized carbons (Fsp3) is 0.389. The van der Waals surface area contributed by atoms with Crippen LogP contribution in [0.4, 0.5) is 26.5 Å². The molecule has 2 amide bonds. The number of hydrogen-bond donors (Lipinski definition) is 1. The van der Waals surface area contributed by atoms with E-state index in [0.717, 1.165) is 11.6 Å². The van der Waals surface area contributed by atoms with Gasteiger partial charge in [0.15, 0.2) is 0 Å². The van der Waals surface area contributed by atoms with Crippen molar-refractivity contribution in [3.63, 3.8) is 0 Å². The number of nitrogens with zero attached hydrogens (tertiary/aromatic N) is 5. The largest absolute Gasteiger partial charge is 0.363 e. The zero-order valence-corrected chi connectivity index (χ0v) is 16.3. The lowest BCUT2D eigenvalue weighted by Crippen LogP contribution is -2.50. The molecule has 1 aliphatic heterocycles. The van der Waals surface area contributed by atoms with Gasteiger partial charge in [-0.3, -0.25) is 0 Å². The molecule has 0 saturated carbocycles. The molecule has 0 aliphatic carbocycles. The minimum atomic E-state index is -0.513. The summed E-state index contributed by atoms with van der Waals surface area (Å²) in [6.45, 7) is 4.32. The van der Waals surface area contributed by atoms with Gasteiger partial charge in [0, 0.05) is 52.0 Å². The van der Waals surface area contributed by atoms with Crippen LogP contribution in [-0.2, 0) is 0 Å². The van der Waals surface area contributed by atoms with Gasteiger partial charge in [0.1, 0.15) is 23.3 Å². The fourth-order valence-electron chi connectivity index (χ4n) is 2.84. The van der Waals surface area contributed by atoms with E-state index in [1.807, 2.05) is 32.0 Å². The Bertz CT molecular complexity index is 839. The number of halogens is 2. The number of carbonyl (C=O) groups excluding carboxylic acids is 1. The van der Waals surface area contributed by atoms with E-state index in [9.17, 15) is 9.18 Å². The third-order valence-corrected chi connectivity index (χ3v) is 4.62. The van der Waals surface area contributed by atoms with Gasteiger partial charge in [-0.2, -0.15) is 0 Å². The zero-order valence-electron chi connectivity index (χ0n) is 15.5. The molecule has 0 spiro atoms. The van der Waals surface area contributed by atoms with Gasteiger partial charge in [0.2, 0.25) is 0 Å². The highest BCUT2D eigenvalue weighted by atomic mass is 35.5. The predicted octanol–water partition coefficient (Wildman–Crippen LogP) is 3.00. The summed E-state index contributed by atoms with van der Waals surface area (Å²) in [5.41, 5.74) is 0.468. The van der Waals surface area contributed by atoms with Gasteiger partial charge in [0.25, 0.3) is 0 Å². The van der Waals surface area contributed by atoms with Gasteiger partial charge in [-0.25, -0.2) is 19.2 Å². The second-order valence-electron chi connectivity index (χ2n) is 6.56. The standard InChI is InChI=1S/C18H22ClFN6O/c1-12-21-16(24(2)3)11-17(22-12)25-6-8-26(9-7-25)18(27)23-13-4-5-15(20)14(19)10-13/h4-5,10-11H,6-9H2,1-3H3,(H,23,27). The number of carbonyl (C=O) groups is 1. The van der Waals surface area contributed by atoms with Gasteiger partial charge in [0.05, 0.1) is 5.02 Å². The Balaban J connectivity index is 1.61. The van der Waals surface area contributed by atoms with Crippen LogP contribution in [0.1, 0.15) is 5.82 Å². The van der Waals surface area contributed by atoms with Crippen molar-refractivity contribution in [3.8, 4) is 0 Å². The molecular formula is C18H22ClFN6O. The number of aryl methyl sites for hydroxylation is 1. The molecule has 3 rings (SSSR count). The molecule has 1 aliphatic rings.